The average Bonchev–Trinajstić information content (AvgIpc) is 3.33. The van der Waals surface area contributed by atoms with Crippen LogP contribution in [0.3, 0.4) is 0 Å². The minimum absolute atomic E-state index is 0.256. The fourth-order valence-electron chi connectivity index (χ4n) is 2.23. The molecular weight excluding hydrogens is 341 g/mol. The second-order valence-electron chi connectivity index (χ2n) is 5.19. The highest BCUT2D eigenvalue weighted by molar-refractivity contribution is 7.13. The number of tetrazole rings is 1. The zero-order chi connectivity index (χ0) is 17.1. The first kappa shape index (κ1) is 15.4. The van der Waals surface area contributed by atoms with Crippen molar-refractivity contribution < 1.29 is 9.13 Å². The summed E-state index contributed by atoms with van der Waals surface area (Å²) in [7, 11) is 0. The number of ether oxygens (including phenoxy) is 1. The second kappa shape index (κ2) is 6.78. The predicted octanol–water partition coefficient (Wildman–Crippen LogP) is 3.50. The molecule has 0 unspecified atom stereocenters. The molecule has 0 atom stereocenters. The number of hydrogen-bond acceptors (Lipinski definition) is 6. The van der Waals surface area contributed by atoms with Gasteiger partial charge in [-0.3, -0.25) is 0 Å². The minimum atomic E-state index is -0.256. The normalized spacial score (nSPS) is 10.8. The van der Waals surface area contributed by atoms with Crippen molar-refractivity contribution in [2.45, 2.75) is 6.61 Å². The van der Waals surface area contributed by atoms with Crippen molar-refractivity contribution in [2.75, 3.05) is 0 Å². The summed E-state index contributed by atoms with van der Waals surface area (Å²) in [5.41, 5.74) is 2.57. The van der Waals surface area contributed by atoms with Gasteiger partial charge in [0.15, 0.2) is 0 Å². The third-order valence-corrected chi connectivity index (χ3v) is 4.42. The molecule has 0 radical (unpaired) electrons. The molecule has 0 saturated heterocycles. The largest absolute Gasteiger partial charge is 0.487 e. The Morgan fingerprint density at radius 3 is 2.56 bits per heavy atom. The Kier molecular flexibility index (Phi) is 4.17. The Balaban J connectivity index is 1.41. The number of halogens is 1. The van der Waals surface area contributed by atoms with Crippen molar-refractivity contribution in [1.82, 2.24) is 25.2 Å². The summed E-state index contributed by atoms with van der Waals surface area (Å²) in [6, 6.07) is 13.7. The molecule has 0 saturated carbocycles. The van der Waals surface area contributed by atoms with E-state index >= 15 is 0 Å². The second-order valence-corrected chi connectivity index (χ2v) is 6.05. The van der Waals surface area contributed by atoms with E-state index in [0.717, 1.165) is 27.7 Å². The zero-order valence-electron chi connectivity index (χ0n) is 12.9. The molecule has 6 nitrogen and oxygen atoms in total. The maximum absolute atomic E-state index is 13.0. The SMILES string of the molecule is Fc1ccc(-c2nc(COc3ccc(-n4cnnn4)cc3)cs2)cc1. The van der Waals surface area contributed by atoms with Crippen molar-refractivity contribution in [3.05, 3.63) is 71.7 Å². The maximum Gasteiger partial charge on any atom is 0.143 e. The third kappa shape index (κ3) is 3.53. The molecule has 2 aromatic carbocycles. The van der Waals surface area contributed by atoms with Gasteiger partial charge in [0.2, 0.25) is 0 Å². The highest BCUT2D eigenvalue weighted by Crippen LogP contribution is 2.24. The minimum Gasteiger partial charge on any atom is -0.487 e. The van der Waals surface area contributed by atoms with E-state index in [1.54, 1.807) is 16.8 Å². The van der Waals surface area contributed by atoms with Crippen LogP contribution < -0.4 is 4.74 Å². The molecule has 4 aromatic rings. The molecule has 124 valence electrons. The Morgan fingerprint density at radius 1 is 1.04 bits per heavy atom. The van der Waals surface area contributed by atoms with Gasteiger partial charge in [-0.1, -0.05) is 0 Å². The number of rotatable bonds is 5. The van der Waals surface area contributed by atoms with Gasteiger partial charge >= 0.3 is 0 Å². The summed E-state index contributed by atoms with van der Waals surface area (Å²) < 4.78 is 20.3. The molecule has 0 aliphatic heterocycles. The highest BCUT2D eigenvalue weighted by Gasteiger charge is 2.06. The van der Waals surface area contributed by atoms with Crippen LogP contribution in [-0.2, 0) is 6.61 Å². The summed E-state index contributed by atoms with van der Waals surface area (Å²) in [6.45, 7) is 0.363. The van der Waals surface area contributed by atoms with E-state index < -0.39 is 0 Å². The lowest BCUT2D eigenvalue weighted by molar-refractivity contribution is 0.302. The fourth-order valence-corrected chi connectivity index (χ4v) is 3.04. The number of aromatic nitrogens is 5. The van der Waals surface area contributed by atoms with Crippen molar-refractivity contribution in [3.63, 3.8) is 0 Å². The van der Waals surface area contributed by atoms with Gasteiger partial charge in [-0.25, -0.2) is 14.1 Å². The monoisotopic (exact) mass is 353 g/mol. The van der Waals surface area contributed by atoms with Gasteiger partial charge < -0.3 is 4.74 Å². The molecule has 2 aromatic heterocycles. The van der Waals surface area contributed by atoms with Crippen LogP contribution in [0.4, 0.5) is 4.39 Å². The molecular formula is C17H12FN5OS. The molecule has 0 aliphatic carbocycles. The van der Waals surface area contributed by atoms with Gasteiger partial charge in [-0.2, -0.15) is 0 Å². The van der Waals surface area contributed by atoms with Crippen LogP contribution >= 0.6 is 11.3 Å². The quantitative estimate of drug-likeness (QED) is 0.549. The molecule has 25 heavy (non-hydrogen) atoms. The molecule has 2 heterocycles. The predicted molar refractivity (Wildman–Crippen MR) is 91.0 cm³/mol. The van der Waals surface area contributed by atoms with Crippen LogP contribution in [-0.4, -0.2) is 25.2 Å². The average molecular weight is 353 g/mol. The van der Waals surface area contributed by atoms with Crippen LogP contribution in [0.1, 0.15) is 5.69 Å². The molecule has 0 bridgehead atoms. The van der Waals surface area contributed by atoms with E-state index in [9.17, 15) is 4.39 Å². The van der Waals surface area contributed by atoms with Crippen LogP contribution in [0.15, 0.2) is 60.2 Å². The standard InChI is InChI=1S/C17H12FN5OS/c18-13-3-1-12(2-4-13)17-20-14(10-25-17)9-24-16-7-5-15(6-8-16)23-11-19-21-22-23/h1-8,10-11H,9H2. The first-order chi connectivity index (χ1) is 12.3. The van der Waals surface area contributed by atoms with E-state index in [0.29, 0.717) is 6.61 Å². The fraction of sp³-hybridized carbons (Fsp3) is 0.0588. The number of benzene rings is 2. The molecule has 0 amide bonds. The van der Waals surface area contributed by atoms with Crippen LogP contribution in [0.5, 0.6) is 5.75 Å². The molecule has 8 heteroatoms. The Bertz CT molecular complexity index is 952. The third-order valence-electron chi connectivity index (χ3n) is 3.48. The number of hydrogen-bond donors (Lipinski definition) is 0. The highest BCUT2D eigenvalue weighted by atomic mass is 32.1. The Labute approximate surface area is 146 Å². The molecule has 0 aliphatic rings. The first-order valence-electron chi connectivity index (χ1n) is 7.44. The summed E-state index contributed by atoms with van der Waals surface area (Å²) in [6.07, 6.45) is 1.53. The van der Waals surface area contributed by atoms with Crippen molar-refractivity contribution in [2.24, 2.45) is 0 Å². The maximum atomic E-state index is 13.0. The molecule has 0 fully saturated rings. The zero-order valence-corrected chi connectivity index (χ0v) is 13.7. The van der Waals surface area contributed by atoms with E-state index in [2.05, 4.69) is 20.5 Å². The van der Waals surface area contributed by atoms with Crippen LogP contribution in [0, 0.1) is 5.82 Å². The lowest BCUT2D eigenvalue weighted by Gasteiger charge is -2.05. The summed E-state index contributed by atoms with van der Waals surface area (Å²) in [5, 5.41) is 13.8. The summed E-state index contributed by atoms with van der Waals surface area (Å²) in [5.74, 6) is 0.474. The van der Waals surface area contributed by atoms with E-state index in [-0.39, 0.29) is 5.82 Å². The van der Waals surface area contributed by atoms with Gasteiger partial charge in [0.05, 0.1) is 11.4 Å². The Morgan fingerprint density at radius 2 is 1.84 bits per heavy atom. The Hall–Kier alpha value is -3.13. The lowest BCUT2D eigenvalue weighted by atomic mass is 10.2. The van der Waals surface area contributed by atoms with Gasteiger partial charge in [0, 0.05) is 10.9 Å². The van der Waals surface area contributed by atoms with Crippen LogP contribution in [0.25, 0.3) is 16.3 Å². The van der Waals surface area contributed by atoms with Crippen molar-refractivity contribution >= 4 is 11.3 Å². The summed E-state index contributed by atoms with van der Waals surface area (Å²) >= 11 is 1.51. The smallest absolute Gasteiger partial charge is 0.143 e. The van der Waals surface area contributed by atoms with E-state index in [1.165, 1.54) is 29.8 Å². The van der Waals surface area contributed by atoms with E-state index in [4.69, 9.17) is 4.74 Å². The van der Waals surface area contributed by atoms with Crippen molar-refractivity contribution in [3.8, 4) is 22.0 Å². The van der Waals surface area contributed by atoms with Gasteiger partial charge in [-0.05, 0) is 59.0 Å². The van der Waals surface area contributed by atoms with Crippen LogP contribution in [0.2, 0.25) is 0 Å². The first-order valence-corrected chi connectivity index (χ1v) is 8.32. The van der Waals surface area contributed by atoms with E-state index in [1.807, 2.05) is 29.6 Å². The topological polar surface area (TPSA) is 65.7 Å². The van der Waals surface area contributed by atoms with Gasteiger partial charge in [0.1, 0.15) is 29.5 Å². The lowest BCUT2D eigenvalue weighted by Crippen LogP contribution is -1.97. The molecule has 0 N–H and O–H groups in total. The molecule has 0 spiro atoms. The van der Waals surface area contributed by atoms with Gasteiger partial charge in [-0.15, -0.1) is 16.4 Å². The number of thiazole rings is 1. The number of nitrogens with zero attached hydrogens (tertiary/aromatic N) is 5. The van der Waals surface area contributed by atoms with Crippen molar-refractivity contribution in [1.29, 1.82) is 0 Å². The van der Waals surface area contributed by atoms with Gasteiger partial charge in [0.25, 0.3) is 0 Å². The molecule has 4 rings (SSSR count). The summed E-state index contributed by atoms with van der Waals surface area (Å²) in [4.78, 5) is 4.52.